The lowest BCUT2D eigenvalue weighted by atomic mass is 9.33. The van der Waals surface area contributed by atoms with Gasteiger partial charge in [0, 0.05) is 12.1 Å². The summed E-state index contributed by atoms with van der Waals surface area (Å²) in [7, 11) is 0. The van der Waals surface area contributed by atoms with Gasteiger partial charge in [-0.3, -0.25) is 0 Å². The molecule has 0 amide bonds. The van der Waals surface area contributed by atoms with Crippen LogP contribution in [0.25, 0.3) is 0 Å². The maximum absolute atomic E-state index is 10.7. The Morgan fingerprint density at radius 2 is 1.56 bits per heavy atom. The average Bonchev–Trinajstić information content (AvgIpc) is 3.14. The van der Waals surface area contributed by atoms with Gasteiger partial charge >= 0.3 is 0 Å². The Kier molecular flexibility index (Phi) is 6.99. The quantitative estimate of drug-likeness (QED) is 0.400. The summed E-state index contributed by atoms with van der Waals surface area (Å²) >= 11 is 0. The van der Waals surface area contributed by atoms with E-state index in [-0.39, 0.29) is 11.0 Å². The maximum Gasteiger partial charge on any atom is 0.0490 e. The zero-order valence-electron chi connectivity index (χ0n) is 24.0. The zero-order chi connectivity index (χ0) is 25.2. The molecule has 0 radical (unpaired) electrons. The largest absolute Gasteiger partial charge is 0.396 e. The van der Waals surface area contributed by atoms with E-state index in [0.717, 1.165) is 17.8 Å². The molecule has 0 bridgehead atoms. The van der Waals surface area contributed by atoms with Gasteiger partial charge < -0.3 is 10.4 Å². The highest BCUT2D eigenvalue weighted by Crippen LogP contribution is 2.76. The number of allylic oxidation sites excluding steroid dienone is 1. The molecule has 5 aliphatic rings. The van der Waals surface area contributed by atoms with E-state index in [4.69, 9.17) is 0 Å². The maximum atomic E-state index is 10.7. The van der Waals surface area contributed by atoms with Gasteiger partial charge in [-0.25, -0.2) is 0 Å². The Bertz CT molecular complexity index is 773. The van der Waals surface area contributed by atoms with Gasteiger partial charge in [0.15, 0.2) is 0 Å². The first-order chi connectivity index (χ1) is 16.0. The molecule has 5 fully saturated rings. The van der Waals surface area contributed by atoms with Crippen molar-refractivity contribution in [3.05, 3.63) is 12.2 Å². The molecule has 2 nitrogen and oxygen atoms in total. The third kappa shape index (κ3) is 3.47. The lowest BCUT2D eigenvalue weighted by Crippen LogP contribution is -2.66. The number of rotatable bonds is 2. The number of aliphatic hydroxyl groups excluding tert-OH is 1. The van der Waals surface area contributed by atoms with Crippen LogP contribution in [0.1, 0.15) is 120 Å². The molecule has 5 rings (SSSR count). The number of aliphatic hydroxyl groups is 1. The summed E-state index contributed by atoms with van der Waals surface area (Å²) in [5.74, 6) is 3.65. The molecule has 2 heteroatoms. The highest BCUT2D eigenvalue weighted by atomic mass is 16.3. The molecule has 1 aliphatic heterocycles. The smallest absolute Gasteiger partial charge is 0.0490 e. The minimum Gasteiger partial charge on any atom is -0.396 e. The Hall–Kier alpha value is -0.340. The molecular formula is C32H57NO. The fourth-order valence-corrected chi connectivity index (χ4v) is 11.5. The van der Waals surface area contributed by atoms with E-state index in [9.17, 15) is 5.11 Å². The molecule has 4 aliphatic carbocycles. The molecule has 0 aromatic rings. The molecule has 1 heterocycles. The monoisotopic (exact) mass is 471 g/mol. The predicted octanol–water partition coefficient (Wildman–Crippen LogP) is 8.00. The van der Waals surface area contributed by atoms with Gasteiger partial charge in [0.2, 0.25) is 0 Å². The van der Waals surface area contributed by atoms with Crippen LogP contribution in [0.2, 0.25) is 0 Å². The Morgan fingerprint density at radius 3 is 2.21 bits per heavy atom. The number of hydrogen-bond acceptors (Lipinski definition) is 2. The molecule has 2 N–H and O–H groups in total. The normalized spacial score (nSPS) is 51.5. The molecule has 4 saturated carbocycles. The second kappa shape index (κ2) is 8.90. The molecule has 34 heavy (non-hydrogen) atoms. The van der Waals surface area contributed by atoms with Crippen molar-refractivity contribution in [2.24, 2.45) is 51.2 Å². The highest BCUT2D eigenvalue weighted by Gasteiger charge is 2.69. The second-order valence-corrected chi connectivity index (χ2v) is 14.5. The first kappa shape index (κ1) is 26.7. The van der Waals surface area contributed by atoms with Gasteiger partial charge in [0.1, 0.15) is 0 Å². The van der Waals surface area contributed by atoms with Gasteiger partial charge in [0.25, 0.3) is 0 Å². The fourth-order valence-electron chi connectivity index (χ4n) is 11.5. The first-order valence-electron chi connectivity index (χ1n) is 15.0. The van der Waals surface area contributed by atoms with Gasteiger partial charge in [0.05, 0.1) is 0 Å². The van der Waals surface area contributed by atoms with Crippen molar-refractivity contribution in [3.8, 4) is 0 Å². The number of fused-ring (bicyclic) bond motifs is 7. The van der Waals surface area contributed by atoms with Crippen molar-refractivity contribution in [1.82, 2.24) is 5.32 Å². The van der Waals surface area contributed by atoms with E-state index in [0.29, 0.717) is 34.7 Å². The number of hydrogen-bond donors (Lipinski definition) is 2. The second-order valence-electron chi connectivity index (χ2n) is 14.5. The van der Waals surface area contributed by atoms with Crippen LogP contribution in [0, 0.1) is 51.2 Å². The lowest BCUT2D eigenvalue weighted by molar-refractivity contribution is -0.226. The van der Waals surface area contributed by atoms with Gasteiger partial charge in [-0.15, -0.1) is 0 Å². The van der Waals surface area contributed by atoms with E-state index in [2.05, 4.69) is 53.4 Å². The van der Waals surface area contributed by atoms with E-state index in [1.54, 1.807) is 0 Å². The molecule has 0 aromatic heterocycles. The van der Waals surface area contributed by atoms with Crippen molar-refractivity contribution < 1.29 is 5.11 Å². The summed E-state index contributed by atoms with van der Waals surface area (Å²) in [6.07, 6.45) is 13.3. The van der Waals surface area contributed by atoms with Gasteiger partial charge in [-0.1, -0.05) is 46.8 Å². The van der Waals surface area contributed by atoms with Crippen LogP contribution in [-0.2, 0) is 0 Å². The van der Waals surface area contributed by atoms with Gasteiger partial charge in [-0.2, -0.15) is 0 Å². The van der Waals surface area contributed by atoms with Gasteiger partial charge in [-0.05, 0) is 143 Å². The molecule has 0 aromatic carbocycles. The fraction of sp³-hybridized carbons (Fsp3) is 0.938. The van der Waals surface area contributed by atoms with Crippen LogP contribution in [0.4, 0.5) is 0 Å². The van der Waals surface area contributed by atoms with Crippen LogP contribution in [0.15, 0.2) is 12.2 Å². The number of nitrogens with one attached hydrogen (secondary N) is 1. The minimum absolute atomic E-state index is 0.173. The Morgan fingerprint density at radius 1 is 0.853 bits per heavy atom. The van der Waals surface area contributed by atoms with Crippen molar-refractivity contribution >= 4 is 0 Å². The van der Waals surface area contributed by atoms with Crippen LogP contribution < -0.4 is 5.32 Å². The van der Waals surface area contributed by atoms with Crippen LogP contribution >= 0.6 is 0 Å². The standard InChI is InChI=1S/C30H51NO.C2H6/c1-20(2)21-11-15-30(19-32)17-16-28(6)22(25(21)30)9-10-24-27(5)13-8-18-31-26(3,4)23(27)12-14-29(24,28)7;1-2/h21-25,31-32H,1,8-19H2,2-7H3;1-2H3/t21-,22?,23?,24?,25+,27?,28+,29?,30?;/m0./s1. The summed E-state index contributed by atoms with van der Waals surface area (Å²) in [4.78, 5) is 0. The van der Waals surface area contributed by atoms with Crippen LogP contribution in [-0.4, -0.2) is 23.8 Å². The molecule has 196 valence electrons. The third-order valence-corrected chi connectivity index (χ3v) is 13.2. The van der Waals surface area contributed by atoms with Crippen LogP contribution in [0.5, 0.6) is 0 Å². The van der Waals surface area contributed by atoms with Crippen LogP contribution in [0.3, 0.4) is 0 Å². The molecular weight excluding hydrogens is 414 g/mol. The highest BCUT2D eigenvalue weighted by molar-refractivity contribution is 5.21. The molecule has 6 unspecified atom stereocenters. The zero-order valence-corrected chi connectivity index (χ0v) is 24.0. The van der Waals surface area contributed by atoms with E-state index in [1.807, 2.05) is 13.8 Å². The SMILES string of the molecule is C=C(C)[C@@H]1CCC2(CO)CC[C@]3(C)C(CCC4C5(C)CCCNC(C)(C)C5CCC43C)[C@@H]12.CC. The average molecular weight is 472 g/mol. The summed E-state index contributed by atoms with van der Waals surface area (Å²) in [6.45, 7) is 25.4. The van der Waals surface area contributed by atoms with Crippen molar-refractivity contribution in [3.63, 3.8) is 0 Å². The Balaban J connectivity index is 0.00000133. The summed E-state index contributed by atoms with van der Waals surface area (Å²) in [5, 5.41) is 14.6. The molecule has 1 saturated heterocycles. The molecule has 9 atom stereocenters. The topological polar surface area (TPSA) is 32.3 Å². The van der Waals surface area contributed by atoms with E-state index < -0.39 is 0 Å². The minimum atomic E-state index is 0.173. The summed E-state index contributed by atoms with van der Waals surface area (Å²) in [5.41, 5.74) is 3.07. The summed E-state index contributed by atoms with van der Waals surface area (Å²) in [6, 6.07) is 0. The van der Waals surface area contributed by atoms with Crippen molar-refractivity contribution in [2.75, 3.05) is 13.2 Å². The first-order valence-corrected chi connectivity index (χ1v) is 15.0. The summed E-state index contributed by atoms with van der Waals surface area (Å²) < 4.78 is 0. The Labute approximate surface area is 212 Å². The van der Waals surface area contributed by atoms with Crippen molar-refractivity contribution in [1.29, 1.82) is 0 Å². The third-order valence-electron chi connectivity index (χ3n) is 13.2. The van der Waals surface area contributed by atoms with Crippen molar-refractivity contribution in [2.45, 2.75) is 125 Å². The predicted molar refractivity (Wildman–Crippen MR) is 146 cm³/mol. The molecule has 0 spiro atoms. The lowest BCUT2D eigenvalue weighted by Gasteiger charge is -2.71. The van der Waals surface area contributed by atoms with E-state index >= 15 is 0 Å². The van der Waals surface area contributed by atoms with E-state index in [1.165, 1.54) is 76.3 Å².